The van der Waals surface area contributed by atoms with Gasteiger partial charge >= 0.3 is 5.97 Å². The lowest BCUT2D eigenvalue weighted by Gasteiger charge is -2.13. The van der Waals surface area contributed by atoms with E-state index in [1.54, 1.807) is 37.3 Å². The van der Waals surface area contributed by atoms with E-state index in [1.807, 2.05) is 0 Å². The van der Waals surface area contributed by atoms with Crippen molar-refractivity contribution in [1.29, 1.82) is 0 Å². The van der Waals surface area contributed by atoms with E-state index >= 15 is 0 Å². The topological polar surface area (TPSA) is 131 Å². The molecule has 9 nitrogen and oxygen atoms in total. The van der Waals surface area contributed by atoms with Crippen LogP contribution in [0.1, 0.15) is 26.4 Å². The van der Waals surface area contributed by atoms with Crippen molar-refractivity contribution in [3.63, 3.8) is 0 Å². The maximum atomic E-state index is 12.7. The van der Waals surface area contributed by atoms with E-state index in [0.717, 1.165) is 10.7 Å². The zero-order chi connectivity index (χ0) is 21.1. The smallest absolute Gasteiger partial charge is 0.335 e. The second kappa shape index (κ2) is 7.85. The lowest BCUT2D eigenvalue weighted by atomic mass is 10.1. The zero-order valence-corrected chi connectivity index (χ0v) is 15.5. The van der Waals surface area contributed by atoms with Crippen molar-refractivity contribution in [3.05, 3.63) is 75.7 Å². The van der Waals surface area contributed by atoms with Gasteiger partial charge < -0.3 is 20.3 Å². The van der Waals surface area contributed by atoms with Crippen LogP contribution in [0.3, 0.4) is 0 Å². The lowest BCUT2D eigenvalue weighted by molar-refractivity contribution is 0.0696. The summed E-state index contributed by atoms with van der Waals surface area (Å²) in [6.07, 6.45) is 0. The van der Waals surface area contributed by atoms with Gasteiger partial charge in [-0.2, -0.15) is 9.78 Å². The van der Waals surface area contributed by atoms with E-state index in [1.165, 1.54) is 19.2 Å². The molecule has 0 spiro atoms. The zero-order valence-electron chi connectivity index (χ0n) is 15.5. The number of carbonyl (C=O) groups excluding carboxylic acids is 1. The first-order chi connectivity index (χ1) is 13.8. The Kier molecular flexibility index (Phi) is 5.31. The molecule has 0 saturated carbocycles. The van der Waals surface area contributed by atoms with Crippen molar-refractivity contribution in [1.82, 2.24) is 9.78 Å². The van der Waals surface area contributed by atoms with Crippen LogP contribution < -0.4 is 15.6 Å². The average molecular weight is 395 g/mol. The highest BCUT2D eigenvalue weighted by Gasteiger charge is 2.19. The number of methoxy groups -OCH3 is 1. The molecule has 3 aromatic rings. The molecule has 0 aliphatic carbocycles. The SMILES string of the molecule is COc1ccccc1-n1nc(C(=O)Nc2cc(C(=O)O)ccc2C)c(O)cc1=O. The fraction of sp³-hybridized carbons (Fsp3) is 0.100. The number of aromatic hydroxyl groups is 1. The number of aromatic carboxylic acids is 1. The van der Waals surface area contributed by atoms with E-state index in [9.17, 15) is 19.5 Å². The van der Waals surface area contributed by atoms with Crippen LogP contribution in [0.4, 0.5) is 5.69 Å². The molecule has 3 rings (SSSR count). The van der Waals surface area contributed by atoms with Crippen LogP contribution in [0.25, 0.3) is 5.69 Å². The Hall–Kier alpha value is -4.14. The number of anilines is 1. The van der Waals surface area contributed by atoms with Crippen molar-refractivity contribution >= 4 is 17.6 Å². The lowest BCUT2D eigenvalue weighted by Crippen LogP contribution is -2.25. The van der Waals surface area contributed by atoms with E-state index in [0.29, 0.717) is 11.3 Å². The molecule has 0 aliphatic rings. The summed E-state index contributed by atoms with van der Waals surface area (Å²) < 4.78 is 6.15. The maximum Gasteiger partial charge on any atom is 0.335 e. The highest BCUT2D eigenvalue weighted by molar-refractivity contribution is 6.05. The van der Waals surface area contributed by atoms with Gasteiger partial charge in [-0.15, -0.1) is 0 Å². The maximum absolute atomic E-state index is 12.7. The number of hydrogen-bond donors (Lipinski definition) is 3. The van der Waals surface area contributed by atoms with Gasteiger partial charge in [0.25, 0.3) is 11.5 Å². The summed E-state index contributed by atoms with van der Waals surface area (Å²) in [7, 11) is 1.43. The molecule has 1 heterocycles. The van der Waals surface area contributed by atoms with E-state index in [4.69, 9.17) is 9.84 Å². The predicted molar refractivity (Wildman–Crippen MR) is 104 cm³/mol. The molecule has 0 aliphatic heterocycles. The number of ether oxygens (including phenoxy) is 1. The summed E-state index contributed by atoms with van der Waals surface area (Å²) in [4.78, 5) is 36.2. The number of nitrogens with zero attached hydrogens (tertiary/aromatic N) is 2. The van der Waals surface area contributed by atoms with Gasteiger partial charge in [-0.05, 0) is 36.8 Å². The number of amides is 1. The van der Waals surface area contributed by atoms with Crippen LogP contribution in [0.5, 0.6) is 11.5 Å². The van der Waals surface area contributed by atoms with Crippen molar-refractivity contribution in [2.24, 2.45) is 0 Å². The van der Waals surface area contributed by atoms with E-state index in [-0.39, 0.29) is 16.9 Å². The third kappa shape index (κ3) is 3.93. The van der Waals surface area contributed by atoms with Gasteiger partial charge in [-0.25, -0.2) is 4.79 Å². The van der Waals surface area contributed by atoms with Gasteiger partial charge in [0, 0.05) is 11.8 Å². The Labute approximate surface area is 164 Å². The number of aromatic nitrogens is 2. The first-order valence-electron chi connectivity index (χ1n) is 8.44. The van der Waals surface area contributed by atoms with Gasteiger partial charge in [0.15, 0.2) is 11.4 Å². The van der Waals surface area contributed by atoms with Crippen molar-refractivity contribution < 1.29 is 24.5 Å². The molecule has 1 aromatic heterocycles. The molecule has 0 radical (unpaired) electrons. The number of carbonyl (C=O) groups is 2. The van der Waals surface area contributed by atoms with Crippen LogP contribution in [0, 0.1) is 6.92 Å². The van der Waals surface area contributed by atoms with Crippen LogP contribution >= 0.6 is 0 Å². The first-order valence-corrected chi connectivity index (χ1v) is 8.44. The molecule has 1 amide bonds. The molecule has 2 aromatic carbocycles. The summed E-state index contributed by atoms with van der Waals surface area (Å²) in [5, 5.41) is 25.7. The third-order valence-corrected chi connectivity index (χ3v) is 4.17. The number of rotatable bonds is 5. The number of carboxylic acid groups (broad SMARTS) is 1. The van der Waals surface area contributed by atoms with E-state index < -0.39 is 28.9 Å². The second-order valence-electron chi connectivity index (χ2n) is 6.09. The van der Waals surface area contributed by atoms with Gasteiger partial charge in [0.1, 0.15) is 11.4 Å². The largest absolute Gasteiger partial charge is 0.505 e. The molecule has 0 saturated heterocycles. The minimum Gasteiger partial charge on any atom is -0.505 e. The quantitative estimate of drug-likeness (QED) is 0.604. The minimum atomic E-state index is -1.15. The molecule has 148 valence electrons. The number of aryl methyl sites for hydroxylation is 1. The number of para-hydroxylation sites is 2. The first kappa shape index (κ1) is 19.6. The summed E-state index contributed by atoms with van der Waals surface area (Å²) in [6, 6.07) is 11.7. The Morgan fingerprint density at radius 3 is 2.55 bits per heavy atom. The Balaban J connectivity index is 2.04. The fourth-order valence-electron chi connectivity index (χ4n) is 2.66. The van der Waals surface area contributed by atoms with Crippen LogP contribution in [0.15, 0.2) is 53.3 Å². The second-order valence-corrected chi connectivity index (χ2v) is 6.09. The summed E-state index contributed by atoms with van der Waals surface area (Å²) in [6.45, 7) is 1.68. The molecule has 0 unspecified atom stereocenters. The van der Waals surface area contributed by atoms with Crippen molar-refractivity contribution in [2.75, 3.05) is 12.4 Å². The molecule has 0 fully saturated rings. The molecule has 0 atom stereocenters. The molecular weight excluding hydrogens is 378 g/mol. The Morgan fingerprint density at radius 1 is 1.14 bits per heavy atom. The number of carboxylic acids is 1. The molecular formula is C20H17N3O6. The van der Waals surface area contributed by atoms with Crippen molar-refractivity contribution in [3.8, 4) is 17.2 Å². The van der Waals surface area contributed by atoms with Gasteiger partial charge in [0.05, 0.1) is 12.7 Å². The van der Waals surface area contributed by atoms with Crippen molar-refractivity contribution in [2.45, 2.75) is 6.92 Å². The van der Waals surface area contributed by atoms with Gasteiger partial charge in [0.2, 0.25) is 0 Å². The summed E-state index contributed by atoms with van der Waals surface area (Å²) >= 11 is 0. The van der Waals surface area contributed by atoms with Gasteiger partial charge in [-0.1, -0.05) is 18.2 Å². The Morgan fingerprint density at radius 2 is 1.86 bits per heavy atom. The number of hydrogen-bond acceptors (Lipinski definition) is 6. The third-order valence-electron chi connectivity index (χ3n) is 4.17. The normalized spacial score (nSPS) is 10.4. The average Bonchev–Trinajstić information content (AvgIpc) is 2.69. The molecule has 3 N–H and O–H groups in total. The highest BCUT2D eigenvalue weighted by atomic mass is 16.5. The van der Waals surface area contributed by atoms with Crippen LogP contribution in [-0.2, 0) is 0 Å². The minimum absolute atomic E-state index is 0.0120. The molecule has 9 heteroatoms. The predicted octanol–water partition coefficient (Wildman–Crippen LogP) is 2.21. The fourth-order valence-corrected chi connectivity index (χ4v) is 2.66. The van der Waals surface area contributed by atoms with Gasteiger partial charge in [-0.3, -0.25) is 9.59 Å². The summed E-state index contributed by atoms with van der Waals surface area (Å²) in [5.74, 6) is -2.21. The summed E-state index contributed by atoms with van der Waals surface area (Å²) in [5.41, 5.74) is 0.0652. The standard InChI is InChI=1S/C20H17N3O6/c1-11-7-8-12(20(27)28)9-13(11)21-19(26)18-15(24)10-17(25)23(22-18)14-5-3-4-6-16(14)29-2/h3-10,24H,1-2H3,(H,21,26)(H,27,28). The molecule has 29 heavy (non-hydrogen) atoms. The number of benzene rings is 2. The Bertz CT molecular complexity index is 1170. The highest BCUT2D eigenvalue weighted by Crippen LogP contribution is 2.23. The van der Waals surface area contributed by atoms with Crippen LogP contribution in [0.2, 0.25) is 0 Å². The molecule has 0 bridgehead atoms. The van der Waals surface area contributed by atoms with E-state index in [2.05, 4.69) is 10.4 Å². The monoisotopic (exact) mass is 395 g/mol. The van der Waals surface area contributed by atoms with Crippen LogP contribution in [-0.4, -0.2) is 39.0 Å². The number of nitrogens with one attached hydrogen (secondary N) is 1.